The quantitative estimate of drug-likeness (QED) is 0.701. The van der Waals surface area contributed by atoms with Crippen LogP contribution in [0.25, 0.3) is 0 Å². The van der Waals surface area contributed by atoms with E-state index in [9.17, 15) is 16.8 Å². The van der Waals surface area contributed by atoms with Crippen LogP contribution in [0.1, 0.15) is 18.1 Å². The van der Waals surface area contributed by atoms with E-state index in [2.05, 4.69) is 4.72 Å². The zero-order valence-corrected chi connectivity index (χ0v) is 13.0. The van der Waals surface area contributed by atoms with Crippen LogP contribution in [0.2, 0.25) is 0 Å². The molecule has 0 spiro atoms. The molecule has 1 aromatic rings. The molecule has 0 saturated heterocycles. The molecule has 0 aliphatic heterocycles. The van der Waals surface area contributed by atoms with Crippen molar-refractivity contribution in [2.45, 2.75) is 19.2 Å². The Morgan fingerprint density at radius 3 is 2.40 bits per heavy atom. The van der Waals surface area contributed by atoms with Gasteiger partial charge in [-0.15, -0.1) is 0 Å². The summed E-state index contributed by atoms with van der Waals surface area (Å²) in [5.74, 6) is -0.369. The summed E-state index contributed by atoms with van der Waals surface area (Å²) >= 11 is 0. The van der Waals surface area contributed by atoms with Gasteiger partial charge in [-0.1, -0.05) is 31.2 Å². The van der Waals surface area contributed by atoms with Crippen molar-refractivity contribution in [2.24, 2.45) is 5.73 Å². The molecule has 0 aliphatic carbocycles. The predicted molar refractivity (Wildman–Crippen MR) is 79.3 cm³/mol. The third-order valence-electron chi connectivity index (χ3n) is 2.76. The van der Waals surface area contributed by atoms with Crippen LogP contribution in [0, 0.1) is 0 Å². The SMILES string of the molecule is CCS(=O)(=O)CCNS(=O)(=O)Cc1cccc(CN)c1. The molecule has 0 unspecified atom stereocenters. The minimum absolute atomic E-state index is 0.00722. The fraction of sp³-hybridized carbons (Fsp3) is 0.500. The fourth-order valence-electron chi connectivity index (χ4n) is 1.61. The summed E-state index contributed by atoms with van der Waals surface area (Å²) in [5.41, 5.74) is 6.97. The molecule has 6 nitrogen and oxygen atoms in total. The number of nitrogens with two attached hydrogens (primary N) is 1. The van der Waals surface area contributed by atoms with E-state index in [4.69, 9.17) is 5.73 Å². The third-order valence-corrected chi connectivity index (χ3v) is 5.82. The first kappa shape index (κ1) is 17.1. The van der Waals surface area contributed by atoms with Crippen molar-refractivity contribution in [3.05, 3.63) is 35.4 Å². The van der Waals surface area contributed by atoms with Crippen molar-refractivity contribution < 1.29 is 16.8 Å². The first-order valence-electron chi connectivity index (χ1n) is 6.23. The molecule has 0 heterocycles. The summed E-state index contributed by atoms with van der Waals surface area (Å²) < 4.78 is 48.5. The lowest BCUT2D eigenvalue weighted by molar-refractivity contribution is 0.580. The van der Waals surface area contributed by atoms with Gasteiger partial charge in [0.2, 0.25) is 10.0 Å². The molecule has 0 amide bonds. The Kier molecular flexibility index (Phi) is 6.12. The average Bonchev–Trinajstić information content (AvgIpc) is 2.38. The molecular weight excluding hydrogens is 300 g/mol. The number of hydrogen-bond donors (Lipinski definition) is 2. The highest BCUT2D eigenvalue weighted by molar-refractivity contribution is 7.91. The predicted octanol–water partition coefficient (Wildman–Crippen LogP) is -0.000600. The molecule has 0 saturated carbocycles. The maximum absolute atomic E-state index is 11.8. The third kappa shape index (κ3) is 6.00. The van der Waals surface area contributed by atoms with Gasteiger partial charge in [-0.05, 0) is 11.1 Å². The average molecular weight is 320 g/mol. The van der Waals surface area contributed by atoms with E-state index in [1.807, 2.05) is 6.07 Å². The lowest BCUT2D eigenvalue weighted by Gasteiger charge is -2.08. The Bertz CT molecular complexity index is 639. The van der Waals surface area contributed by atoms with Gasteiger partial charge in [0.25, 0.3) is 0 Å². The molecule has 0 bridgehead atoms. The largest absolute Gasteiger partial charge is 0.326 e. The Labute approximate surface area is 120 Å². The second-order valence-electron chi connectivity index (χ2n) is 4.41. The maximum Gasteiger partial charge on any atom is 0.215 e. The van der Waals surface area contributed by atoms with Crippen molar-refractivity contribution in [1.82, 2.24) is 4.72 Å². The minimum Gasteiger partial charge on any atom is -0.326 e. The van der Waals surface area contributed by atoms with Crippen LogP contribution in [0.15, 0.2) is 24.3 Å². The van der Waals surface area contributed by atoms with Crippen LogP contribution >= 0.6 is 0 Å². The van der Waals surface area contributed by atoms with Gasteiger partial charge < -0.3 is 5.73 Å². The summed E-state index contributed by atoms with van der Waals surface area (Å²) in [7, 11) is -6.71. The van der Waals surface area contributed by atoms with Crippen molar-refractivity contribution in [2.75, 3.05) is 18.1 Å². The topological polar surface area (TPSA) is 106 Å². The molecule has 0 radical (unpaired) electrons. The van der Waals surface area contributed by atoms with Gasteiger partial charge >= 0.3 is 0 Å². The van der Waals surface area contributed by atoms with Gasteiger partial charge in [0.05, 0.1) is 11.5 Å². The summed E-state index contributed by atoms with van der Waals surface area (Å²) in [6.07, 6.45) is 0. The fourth-order valence-corrected chi connectivity index (χ4v) is 3.58. The molecule has 1 rings (SSSR count). The molecule has 1 aromatic carbocycles. The number of nitrogens with one attached hydrogen (secondary N) is 1. The second-order valence-corrected chi connectivity index (χ2v) is 8.69. The van der Waals surface area contributed by atoms with E-state index in [1.54, 1.807) is 18.2 Å². The van der Waals surface area contributed by atoms with Crippen LogP contribution in [-0.2, 0) is 32.2 Å². The second kappa shape index (κ2) is 7.16. The Balaban J connectivity index is 2.61. The lowest BCUT2D eigenvalue weighted by Crippen LogP contribution is -2.30. The zero-order chi connectivity index (χ0) is 15.2. The highest BCUT2D eigenvalue weighted by atomic mass is 32.2. The standard InChI is InChI=1S/C12H20N2O4S2/c1-2-19(15,16)7-6-14-20(17,18)10-12-5-3-4-11(8-12)9-13/h3-5,8,14H,2,6-7,9-10,13H2,1H3. The van der Waals surface area contributed by atoms with E-state index in [0.717, 1.165) is 5.56 Å². The smallest absolute Gasteiger partial charge is 0.215 e. The first-order valence-corrected chi connectivity index (χ1v) is 9.71. The summed E-state index contributed by atoms with van der Waals surface area (Å²) in [5, 5.41) is 0. The molecular formula is C12H20N2O4S2. The van der Waals surface area contributed by atoms with Crippen molar-refractivity contribution in [1.29, 1.82) is 0 Å². The van der Waals surface area contributed by atoms with Crippen LogP contribution in [0.4, 0.5) is 0 Å². The van der Waals surface area contributed by atoms with Gasteiger partial charge in [0.15, 0.2) is 9.84 Å². The van der Waals surface area contributed by atoms with Crippen molar-refractivity contribution in [3.8, 4) is 0 Å². The zero-order valence-electron chi connectivity index (χ0n) is 11.4. The van der Waals surface area contributed by atoms with E-state index >= 15 is 0 Å². The molecule has 0 fully saturated rings. The first-order chi connectivity index (χ1) is 9.28. The van der Waals surface area contributed by atoms with Crippen molar-refractivity contribution >= 4 is 19.9 Å². The van der Waals surface area contributed by atoms with E-state index in [-0.39, 0.29) is 23.8 Å². The monoisotopic (exact) mass is 320 g/mol. The molecule has 20 heavy (non-hydrogen) atoms. The lowest BCUT2D eigenvalue weighted by atomic mass is 10.1. The van der Waals surface area contributed by atoms with E-state index in [1.165, 1.54) is 6.92 Å². The Morgan fingerprint density at radius 1 is 1.15 bits per heavy atom. The number of sulfone groups is 1. The van der Waals surface area contributed by atoms with Crippen molar-refractivity contribution in [3.63, 3.8) is 0 Å². The van der Waals surface area contributed by atoms with Gasteiger partial charge in [-0.2, -0.15) is 0 Å². The summed E-state index contributed by atoms with van der Waals surface area (Å²) in [6.45, 7) is 1.77. The molecule has 0 aliphatic rings. The van der Waals surface area contributed by atoms with Gasteiger partial charge in [0, 0.05) is 18.8 Å². The summed E-state index contributed by atoms with van der Waals surface area (Å²) in [4.78, 5) is 0. The van der Waals surface area contributed by atoms with Gasteiger partial charge in [-0.3, -0.25) is 0 Å². The Hall–Kier alpha value is -0.960. The normalized spacial score (nSPS) is 12.5. The number of benzene rings is 1. The van der Waals surface area contributed by atoms with Crippen LogP contribution < -0.4 is 10.5 Å². The molecule has 114 valence electrons. The summed E-state index contributed by atoms with van der Waals surface area (Å²) in [6, 6.07) is 6.98. The highest BCUT2D eigenvalue weighted by Crippen LogP contribution is 2.08. The minimum atomic E-state index is -3.55. The number of sulfonamides is 1. The van der Waals surface area contributed by atoms with Crippen LogP contribution in [0.3, 0.4) is 0 Å². The van der Waals surface area contributed by atoms with Crippen LogP contribution in [0.5, 0.6) is 0 Å². The van der Waals surface area contributed by atoms with Gasteiger partial charge in [-0.25, -0.2) is 21.6 Å². The van der Waals surface area contributed by atoms with E-state index < -0.39 is 19.9 Å². The van der Waals surface area contributed by atoms with Crippen LogP contribution in [-0.4, -0.2) is 34.9 Å². The van der Waals surface area contributed by atoms with Gasteiger partial charge in [0.1, 0.15) is 0 Å². The molecule has 0 atom stereocenters. The molecule has 0 aromatic heterocycles. The number of hydrogen-bond acceptors (Lipinski definition) is 5. The highest BCUT2D eigenvalue weighted by Gasteiger charge is 2.14. The molecule has 8 heteroatoms. The Morgan fingerprint density at radius 2 is 1.80 bits per heavy atom. The van der Waals surface area contributed by atoms with E-state index in [0.29, 0.717) is 12.1 Å². The maximum atomic E-state index is 11.8. The molecule has 3 N–H and O–H groups in total. The number of rotatable bonds is 8.